The smallest absolute Gasteiger partial charge is 0.188 e. The molecule has 0 aliphatic heterocycles. The van der Waals surface area contributed by atoms with Gasteiger partial charge >= 0.3 is 0 Å². The van der Waals surface area contributed by atoms with Gasteiger partial charge in [0.25, 0.3) is 0 Å². The van der Waals surface area contributed by atoms with Gasteiger partial charge in [0.1, 0.15) is 0 Å². The molecule has 0 aromatic heterocycles. The average Bonchev–Trinajstić information content (AvgIpc) is 2.67. The molecule has 0 radical (unpaired) electrons. The van der Waals surface area contributed by atoms with Crippen LogP contribution in [-0.4, -0.2) is 44.2 Å². The van der Waals surface area contributed by atoms with Gasteiger partial charge in [-0.25, -0.2) is 0 Å². The van der Waals surface area contributed by atoms with Crippen LogP contribution in [0, 0.1) is 0 Å². The maximum Gasteiger partial charge on any atom is 0.188 e. The zero-order chi connectivity index (χ0) is 18.5. The summed E-state index contributed by atoms with van der Waals surface area (Å²) in [6, 6.07) is 21.2. The summed E-state index contributed by atoms with van der Waals surface area (Å²) in [5, 5.41) is 3.04. The molecule has 0 spiro atoms. The molecule has 27 heavy (non-hydrogen) atoms. The third-order valence-electron chi connectivity index (χ3n) is 4.02. The highest BCUT2D eigenvalue weighted by atomic mass is 127. The van der Waals surface area contributed by atoms with Crippen LogP contribution in [-0.2, 0) is 17.8 Å². The van der Waals surface area contributed by atoms with Crippen molar-refractivity contribution in [2.45, 2.75) is 19.5 Å². The Hall–Kier alpha value is -1.64. The molecule has 0 atom stereocenters. The molecule has 5 nitrogen and oxygen atoms in total. The minimum absolute atomic E-state index is 0. The van der Waals surface area contributed by atoms with Crippen molar-refractivity contribution in [2.24, 2.45) is 10.7 Å². The molecule has 0 fully saturated rings. The number of aliphatic imine (C=N–C) groups is 1. The predicted molar refractivity (Wildman–Crippen MR) is 123 cm³/mol. The van der Waals surface area contributed by atoms with Crippen molar-refractivity contribution in [3.8, 4) is 0 Å². The van der Waals surface area contributed by atoms with Crippen LogP contribution in [0.2, 0.25) is 0 Å². The number of nitrogens with zero attached hydrogens (tertiary/aromatic N) is 2. The minimum Gasteiger partial charge on any atom is -0.383 e. The lowest BCUT2D eigenvalue weighted by Crippen LogP contribution is -2.34. The standard InChI is InChI=1S/C21H30N4O.HI/c1-26-16-14-24-21(22)23-13-8-15-25(17-19-9-4-2-5-10-19)18-20-11-6-3-7-12-20;/h2-7,9-12H,8,13-18H2,1H3,(H3,22,23,24);1H. The molecule has 0 saturated carbocycles. The summed E-state index contributed by atoms with van der Waals surface area (Å²) in [6.45, 7) is 4.85. The number of hydrogen-bond acceptors (Lipinski definition) is 3. The molecule has 0 saturated heterocycles. The molecule has 2 aromatic carbocycles. The first-order valence-electron chi connectivity index (χ1n) is 9.11. The van der Waals surface area contributed by atoms with E-state index >= 15 is 0 Å². The maximum absolute atomic E-state index is 5.85. The van der Waals surface area contributed by atoms with Crippen molar-refractivity contribution < 1.29 is 4.74 Å². The van der Waals surface area contributed by atoms with Gasteiger partial charge in [0.15, 0.2) is 5.96 Å². The molecule has 148 valence electrons. The Morgan fingerprint density at radius 1 is 1.00 bits per heavy atom. The van der Waals surface area contributed by atoms with Gasteiger partial charge in [-0.1, -0.05) is 60.7 Å². The van der Waals surface area contributed by atoms with E-state index < -0.39 is 0 Å². The van der Waals surface area contributed by atoms with Crippen molar-refractivity contribution in [1.82, 2.24) is 10.2 Å². The highest BCUT2D eigenvalue weighted by Gasteiger charge is 2.07. The third kappa shape index (κ3) is 10.3. The van der Waals surface area contributed by atoms with E-state index in [1.54, 1.807) is 7.11 Å². The van der Waals surface area contributed by atoms with Gasteiger partial charge < -0.3 is 15.8 Å². The second-order valence-corrected chi connectivity index (χ2v) is 6.22. The fourth-order valence-electron chi connectivity index (χ4n) is 2.73. The fraction of sp³-hybridized carbons (Fsp3) is 0.381. The number of benzene rings is 2. The number of ether oxygens (including phenoxy) is 1. The van der Waals surface area contributed by atoms with Crippen LogP contribution in [0.3, 0.4) is 0 Å². The Morgan fingerprint density at radius 3 is 2.07 bits per heavy atom. The summed E-state index contributed by atoms with van der Waals surface area (Å²) in [4.78, 5) is 6.84. The number of guanidine groups is 1. The average molecular weight is 482 g/mol. The monoisotopic (exact) mass is 482 g/mol. The highest BCUT2D eigenvalue weighted by Crippen LogP contribution is 2.10. The molecule has 0 heterocycles. The van der Waals surface area contributed by atoms with E-state index in [1.807, 2.05) is 0 Å². The first-order chi connectivity index (χ1) is 12.8. The number of halogens is 1. The lowest BCUT2D eigenvalue weighted by atomic mass is 10.1. The van der Waals surface area contributed by atoms with Gasteiger partial charge in [-0.3, -0.25) is 9.89 Å². The van der Waals surface area contributed by atoms with Crippen LogP contribution in [0.5, 0.6) is 0 Å². The second kappa shape index (κ2) is 14.4. The molecule has 0 aliphatic carbocycles. The minimum atomic E-state index is 0. The van der Waals surface area contributed by atoms with Crippen LogP contribution >= 0.6 is 24.0 Å². The Labute approximate surface area is 180 Å². The fourth-order valence-corrected chi connectivity index (χ4v) is 2.73. The van der Waals surface area contributed by atoms with Crippen LogP contribution in [0.15, 0.2) is 65.7 Å². The van der Waals surface area contributed by atoms with Gasteiger partial charge in [-0.15, -0.1) is 24.0 Å². The summed E-state index contributed by atoms with van der Waals surface area (Å²) in [7, 11) is 1.67. The number of methoxy groups -OCH3 is 1. The molecule has 2 rings (SSSR count). The van der Waals surface area contributed by atoms with Crippen molar-refractivity contribution in [2.75, 3.05) is 33.4 Å². The molecule has 0 aliphatic rings. The Balaban J connectivity index is 0.00000364. The van der Waals surface area contributed by atoms with Gasteiger partial charge in [0.05, 0.1) is 6.61 Å². The SMILES string of the molecule is COCCNC(N)=NCCCN(Cc1ccccc1)Cc1ccccc1.I. The highest BCUT2D eigenvalue weighted by molar-refractivity contribution is 14.0. The molecule has 0 unspecified atom stereocenters. The van der Waals surface area contributed by atoms with Gasteiger partial charge in [0.2, 0.25) is 0 Å². The molecular formula is C21H31IN4O. The molecule has 0 bridgehead atoms. The summed E-state index contributed by atoms with van der Waals surface area (Å²) in [5.41, 5.74) is 8.50. The van der Waals surface area contributed by atoms with Crippen LogP contribution in [0.1, 0.15) is 17.5 Å². The lowest BCUT2D eigenvalue weighted by Gasteiger charge is -2.22. The van der Waals surface area contributed by atoms with Gasteiger partial charge in [0, 0.05) is 39.8 Å². The topological polar surface area (TPSA) is 62.9 Å². The van der Waals surface area contributed by atoms with Crippen molar-refractivity contribution in [3.63, 3.8) is 0 Å². The summed E-state index contributed by atoms with van der Waals surface area (Å²) < 4.78 is 4.98. The van der Waals surface area contributed by atoms with E-state index in [-0.39, 0.29) is 24.0 Å². The van der Waals surface area contributed by atoms with E-state index in [0.29, 0.717) is 25.7 Å². The number of nitrogens with two attached hydrogens (primary N) is 1. The van der Waals surface area contributed by atoms with Crippen molar-refractivity contribution in [1.29, 1.82) is 0 Å². The zero-order valence-corrected chi connectivity index (χ0v) is 18.3. The third-order valence-corrected chi connectivity index (χ3v) is 4.02. The zero-order valence-electron chi connectivity index (χ0n) is 16.0. The lowest BCUT2D eigenvalue weighted by molar-refractivity contribution is 0.204. The first-order valence-corrected chi connectivity index (χ1v) is 9.11. The van der Waals surface area contributed by atoms with Gasteiger partial charge in [-0.05, 0) is 17.5 Å². The first kappa shape index (κ1) is 23.4. The summed E-state index contributed by atoms with van der Waals surface area (Å²) in [5.74, 6) is 0.486. The predicted octanol–water partition coefficient (Wildman–Crippen LogP) is 3.25. The maximum atomic E-state index is 5.85. The van der Waals surface area contributed by atoms with Crippen molar-refractivity contribution in [3.05, 3.63) is 71.8 Å². The van der Waals surface area contributed by atoms with Crippen molar-refractivity contribution >= 4 is 29.9 Å². The Kier molecular flexibility index (Phi) is 12.5. The van der Waals surface area contributed by atoms with E-state index in [2.05, 4.69) is 75.9 Å². The number of rotatable bonds is 11. The summed E-state index contributed by atoms with van der Waals surface area (Å²) in [6.07, 6.45) is 0.965. The summed E-state index contributed by atoms with van der Waals surface area (Å²) >= 11 is 0. The van der Waals surface area contributed by atoms with Gasteiger partial charge in [-0.2, -0.15) is 0 Å². The second-order valence-electron chi connectivity index (χ2n) is 6.22. The van der Waals surface area contributed by atoms with E-state index in [9.17, 15) is 0 Å². The molecule has 0 amide bonds. The van der Waals surface area contributed by atoms with Crippen LogP contribution < -0.4 is 11.1 Å². The molecule has 6 heteroatoms. The van der Waals surface area contributed by atoms with Crippen LogP contribution in [0.25, 0.3) is 0 Å². The molecule has 2 aromatic rings. The van der Waals surface area contributed by atoms with E-state index in [1.165, 1.54) is 11.1 Å². The number of nitrogens with one attached hydrogen (secondary N) is 1. The normalized spacial score (nSPS) is 11.3. The molecular weight excluding hydrogens is 451 g/mol. The Morgan fingerprint density at radius 2 is 1.56 bits per heavy atom. The van der Waals surface area contributed by atoms with E-state index in [4.69, 9.17) is 10.5 Å². The quantitative estimate of drug-likeness (QED) is 0.224. The Bertz CT molecular complexity index is 596. The van der Waals surface area contributed by atoms with E-state index in [0.717, 1.165) is 26.1 Å². The number of hydrogen-bond donors (Lipinski definition) is 2. The largest absolute Gasteiger partial charge is 0.383 e. The molecule has 3 N–H and O–H groups in total. The van der Waals surface area contributed by atoms with Crippen LogP contribution in [0.4, 0.5) is 0 Å².